The third-order valence-corrected chi connectivity index (χ3v) is 3.42. The van der Waals surface area contributed by atoms with Crippen LogP contribution in [0.25, 0.3) is 0 Å². The lowest BCUT2D eigenvalue weighted by atomic mass is 10.2. The maximum Gasteiger partial charge on any atom is 0.331 e. The van der Waals surface area contributed by atoms with Crippen molar-refractivity contribution in [2.75, 3.05) is 6.54 Å². The van der Waals surface area contributed by atoms with Gasteiger partial charge in [-0.25, -0.2) is 9.59 Å². The van der Waals surface area contributed by atoms with Crippen LogP contribution in [0.15, 0.2) is 21.9 Å². The van der Waals surface area contributed by atoms with Gasteiger partial charge in [0.1, 0.15) is 12.6 Å². The third kappa shape index (κ3) is 2.49. The molecule has 0 bridgehead atoms. The first-order chi connectivity index (χ1) is 9.41. The zero-order valence-electron chi connectivity index (χ0n) is 11.0. The zero-order valence-corrected chi connectivity index (χ0v) is 11.0. The summed E-state index contributed by atoms with van der Waals surface area (Å²) in [6.45, 7) is 0.104. The first-order valence-corrected chi connectivity index (χ1v) is 6.20. The number of carbonyl (C=O) groups is 2. The number of carboxylic acids is 1. The van der Waals surface area contributed by atoms with E-state index in [0.717, 1.165) is 9.13 Å². The van der Waals surface area contributed by atoms with Crippen molar-refractivity contribution in [3.63, 3.8) is 0 Å². The molecule has 1 atom stereocenters. The lowest BCUT2D eigenvalue weighted by Gasteiger charge is -2.21. The fourth-order valence-corrected chi connectivity index (χ4v) is 2.30. The van der Waals surface area contributed by atoms with Crippen molar-refractivity contribution in [3.8, 4) is 0 Å². The number of carbonyl (C=O) groups excluding carboxylic acids is 1. The van der Waals surface area contributed by atoms with Gasteiger partial charge >= 0.3 is 11.7 Å². The van der Waals surface area contributed by atoms with E-state index >= 15 is 0 Å². The van der Waals surface area contributed by atoms with Gasteiger partial charge < -0.3 is 10.0 Å². The molecule has 1 aromatic heterocycles. The van der Waals surface area contributed by atoms with Crippen LogP contribution in [-0.2, 0) is 23.2 Å². The molecular formula is C12H15N3O5. The number of likely N-dealkylation sites (tertiary alicyclic amines) is 1. The first kappa shape index (κ1) is 14.0. The van der Waals surface area contributed by atoms with E-state index in [4.69, 9.17) is 5.11 Å². The number of hydrogen-bond acceptors (Lipinski definition) is 4. The zero-order chi connectivity index (χ0) is 14.9. The summed E-state index contributed by atoms with van der Waals surface area (Å²) >= 11 is 0. The van der Waals surface area contributed by atoms with Crippen molar-refractivity contribution in [2.45, 2.75) is 25.4 Å². The Morgan fingerprint density at radius 2 is 2.10 bits per heavy atom. The Labute approximate surface area is 113 Å². The van der Waals surface area contributed by atoms with E-state index in [1.54, 1.807) is 0 Å². The van der Waals surface area contributed by atoms with Gasteiger partial charge in [0, 0.05) is 25.9 Å². The second-order valence-corrected chi connectivity index (χ2v) is 4.71. The molecule has 20 heavy (non-hydrogen) atoms. The van der Waals surface area contributed by atoms with Gasteiger partial charge in [-0.05, 0) is 12.8 Å². The fraction of sp³-hybridized carbons (Fsp3) is 0.500. The number of aliphatic carboxylic acids is 1. The molecule has 1 aliphatic heterocycles. The summed E-state index contributed by atoms with van der Waals surface area (Å²) in [6, 6.07) is 0.360. The third-order valence-electron chi connectivity index (χ3n) is 3.42. The van der Waals surface area contributed by atoms with Gasteiger partial charge in [-0.3, -0.25) is 18.7 Å². The van der Waals surface area contributed by atoms with E-state index in [1.807, 2.05) is 0 Å². The van der Waals surface area contributed by atoms with Crippen molar-refractivity contribution in [1.82, 2.24) is 14.0 Å². The Bertz CT molecular complexity index is 660. The van der Waals surface area contributed by atoms with Gasteiger partial charge in [0.2, 0.25) is 5.91 Å². The number of amides is 1. The van der Waals surface area contributed by atoms with Crippen molar-refractivity contribution >= 4 is 11.9 Å². The molecule has 2 rings (SSSR count). The second-order valence-electron chi connectivity index (χ2n) is 4.71. The van der Waals surface area contributed by atoms with Crippen molar-refractivity contribution in [2.24, 2.45) is 7.05 Å². The average Bonchev–Trinajstić information content (AvgIpc) is 2.89. The topological polar surface area (TPSA) is 102 Å². The minimum Gasteiger partial charge on any atom is -0.480 e. The number of nitrogens with zero attached hydrogens (tertiary/aromatic N) is 3. The molecule has 108 valence electrons. The molecule has 1 saturated heterocycles. The van der Waals surface area contributed by atoms with Crippen molar-refractivity contribution in [3.05, 3.63) is 33.1 Å². The molecule has 0 spiro atoms. The molecule has 1 aromatic rings. The van der Waals surface area contributed by atoms with Gasteiger partial charge in [0.25, 0.3) is 5.56 Å². The molecule has 0 saturated carbocycles. The van der Waals surface area contributed by atoms with Crippen LogP contribution >= 0.6 is 0 Å². The molecule has 1 aliphatic rings. The minimum atomic E-state index is -1.04. The SMILES string of the molecule is Cn1c(=O)ccn(CC(=O)N2CCC[C@@H]2C(=O)O)c1=O. The summed E-state index contributed by atoms with van der Waals surface area (Å²) in [5.41, 5.74) is -1.06. The Balaban J connectivity index is 2.20. The molecule has 0 unspecified atom stereocenters. The van der Waals surface area contributed by atoms with Crippen LogP contribution in [0.5, 0.6) is 0 Å². The molecule has 2 heterocycles. The smallest absolute Gasteiger partial charge is 0.331 e. The maximum absolute atomic E-state index is 12.1. The fourth-order valence-electron chi connectivity index (χ4n) is 2.30. The van der Waals surface area contributed by atoms with Crippen LogP contribution in [0.3, 0.4) is 0 Å². The molecule has 0 radical (unpaired) electrons. The summed E-state index contributed by atoms with van der Waals surface area (Å²) in [6.07, 6.45) is 2.29. The maximum atomic E-state index is 12.1. The Kier molecular flexibility index (Phi) is 3.73. The highest BCUT2D eigenvalue weighted by Gasteiger charge is 2.33. The van der Waals surface area contributed by atoms with Gasteiger partial charge in [-0.1, -0.05) is 0 Å². The average molecular weight is 281 g/mol. The Morgan fingerprint density at radius 3 is 2.75 bits per heavy atom. The Morgan fingerprint density at radius 1 is 1.40 bits per heavy atom. The van der Waals surface area contributed by atoms with Crippen LogP contribution in [0.4, 0.5) is 0 Å². The summed E-state index contributed by atoms with van der Waals surface area (Å²) in [4.78, 5) is 47.4. The quantitative estimate of drug-likeness (QED) is 0.736. The summed E-state index contributed by atoms with van der Waals surface area (Å²) in [7, 11) is 1.32. The summed E-state index contributed by atoms with van der Waals surface area (Å²) < 4.78 is 1.99. The summed E-state index contributed by atoms with van der Waals surface area (Å²) in [5, 5.41) is 9.03. The number of rotatable bonds is 3. The molecular weight excluding hydrogens is 266 g/mol. The van der Waals surface area contributed by atoms with E-state index in [2.05, 4.69) is 0 Å². The van der Waals surface area contributed by atoms with Gasteiger partial charge in [0.05, 0.1) is 0 Å². The van der Waals surface area contributed by atoms with Crippen LogP contribution in [0.2, 0.25) is 0 Å². The molecule has 8 nitrogen and oxygen atoms in total. The van der Waals surface area contributed by atoms with Gasteiger partial charge in [-0.15, -0.1) is 0 Å². The van der Waals surface area contributed by atoms with E-state index in [-0.39, 0.29) is 6.54 Å². The highest BCUT2D eigenvalue weighted by Crippen LogP contribution is 2.17. The molecule has 0 aliphatic carbocycles. The lowest BCUT2D eigenvalue weighted by Crippen LogP contribution is -2.45. The van der Waals surface area contributed by atoms with E-state index in [9.17, 15) is 19.2 Å². The van der Waals surface area contributed by atoms with Crippen LogP contribution in [-0.4, -0.2) is 43.6 Å². The standard InChI is InChI=1S/C12H15N3O5/c1-13-9(16)4-6-14(12(13)20)7-10(17)15-5-2-3-8(15)11(18)19/h4,6,8H,2-3,5,7H2,1H3,(H,18,19)/t8-/m1/s1. The van der Waals surface area contributed by atoms with Crippen LogP contribution in [0.1, 0.15) is 12.8 Å². The van der Waals surface area contributed by atoms with Crippen molar-refractivity contribution in [1.29, 1.82) is 0 Å². The number of carboxylic acid groups (broad SMARTS) is 1. The van der Waals surface area contributed by atoms with Crippen LogP contribution in [0, 0.1) is 0 Å². The predicted octanol–water partition coefficient (Wildman–Crippen LogP) is -1.38. The van der Waals surface area contributed by atoms with E-state index in [1.165, 1.54) is 24.2 Å². The van der Waals surface area contributed by atoms with Crippen LogP contribution < -0.4 is 11.2 Å². The molecule has 1 N–H and O–H groups in total. The van der Waals surface area contributed by atoms with Gasteiger partial charge in [0.15, 0.2) is 0 Å². The molecule has 1 amide bonds. The van der Waals surface area contributed by atoms with Crippen molar-refractivity contribution < 1.29 is 14.7 Å². The number of aromatic nitrogens is 2. The highest BCUT2D eigenvalue weighted by atomic mass is 16.4. The highest BCUT2D eigenvalue weighted by molar-refractivity contribution is 5.84. The minimum absolute atomic E-state index is 0.267. The molecule has 1 fully saturated rings. The molecule has 0 aromatic carbocycles. The molecule has 8 heteroatoms. The van der Waals surface area contributed by atoms with Gasteiger partial charge in [-0.2, -0.15) is 0 Å². The normalized spacial score (nSPS) is 18.2. The lowest BCUT2D eigenvalue weighted by molar-refractivity contribution is -0.148. The predicted molar refractivity (Wildman–Crippen MR) is 68.3 cm³/mol. The Hall–Kier alpha value is -2.38. The van der Waals surface area contributed by atoms with E-state index in [0.29, 0.717) is 19.4 Å². The largest absolute Gasteiger partial charge is 0.480 e. The first-order valence-electron chi connectivity index (χ1n) is 6.20. The van der Waals surface area contributed by atoms with E-state index < -0.39 is 29.2 Å². The number of hydrogen-bond donors (Lipinski definition) is 1. The summed E-state index contributed by atoms with van der Waals surface area (Å²) in [5.74, 6) is -1.47. The monoisotopic (exact) mass is 281 g/mol. The second kappa shape index (κ2) is 5.32.